The van der Waals surface area contributed by atoms with Crippen molar-refractivity contribution >= 4 is 26.7 Å². The van der Waals surface area contributed by atoms with Gasteiger partial charge in [0.05, 0.1) is 6.26 Å². The van der Waals surface area contributed by atoms with Gasteiger partial charge in [-0.25, -0.2) is 8.42 Å². The fourth-order valence-electron chi connectivity index (χ4n) is 1.85. The average Bonchev–Trinajstić information content (AvgIpc) is 2.53. The van der Waals surface area contributed by atoms with Crippen molar-refractivity contribution in [1.82, 2.24) is 4.98 Å². The van der Waals surface area contributed by atoms with E-state index in [9.17, 15) is 8.42 Å². The molecule has 2 aromatic rings. The topological polar surface area (TPSA) is 62.0 Å². The normalized spacial score (nSPS) is 12.9. The summed E-state index contributed by atoms with van der Waals surface area (Å²) < 4.78 is 24.8. The number of hydrogen-bond donors (Lipinski definition) is 2. The number of nitrogens with one attached hydrogen (secondary N) is 2. The van der Waals surface area contributed by atoms with E-state index in [1.807, 2.05) is 6.07 Å². The number of rotatable bonds is 2. The molecule has 18 heavy (non-hydrogen) atoms. The maximum absolute atomic E-state index is 11.2. The molecule has 0 radical (unpaired) electrons. The lowest BCUT2D eigenvalue weighted by Crippen LogP contribution is -2.10. The van der Waals surface area contributed by atoms with Crippen LogP contribution < -0.4 is 4.72 Å². The van der Waals surface area contributed by atoms with E-state index in [4.69, 9.17) is 0 Å². The number of anilines is 1. The van der Waals surface area contributed by atoms with Crippen molar-refractivity contribution in [3.05, 3.63) is 29.8 Å². The van der Waals surface area contributed by atoms with Crippen LogP contribution in [-0.4, -0.2) is 19.7 Å². The van der Waals surface area contributed by atoms with Crippen LogP contribution in [0.5, 0.6) is 0 Å². The van der Waals surface area contributed by atoms with Crippen molar-refractivity contribution in [2.24, 2.45) is 0 Å². The second-order valence-corrected chi connectivity index (χ2v) is 7.36. The van der Waals surface area contributed by atoms with Gasteiger partial charge in [0.1, 0.15) is 5.82 Å². The van der Waals surface area contributed by atoms with E-state index in [-0.39, 0.29) is 5.41 Å². The summed E-state index contributed by atoms with van der Waals surface area (Å²) >= 11 is 0. The van der Waals surface area contributed by atoms with Gasteiger partial charge in [-0.1, -0.05) is 32.9 Å². The second kappa shape index (κ2) is 4.02. The predicted octanol–water partition coefficient (Wildman–Crippen LogP) is 2.84. The summed E-state index contributed by atoms with van der Waals surface area (Å²) in [6.07, 6.45) is 1.14. The zero-order valence-corrected chi connectivity index (χ0v) is 11.9. The molecule has 4 nitrogen and oxygen atoms in total. The van der Waals surface area contributed by atoms with Crippen molar-refractivity contribution in [1.29, 1.82) is 0 Å². The second-order valence-electron chi connectivity index (χ2n) is 5.61. The molecule has 1 heterocycles. The van der Waals surface area contributed by atoms with Gasteiger partial charge in [-0.3, -0.25) is 4.72 Å². The Kier molecular flexibility index (Phi) is 2.89. The summed E-state index contributed by atoms with van der Waals surface area (Å²) in [6, 6.07) is 7.92. The minimum atomic E-state index is -3.24. The third-order valence-corrected chi connectivity index (χ3v) is 3.37. The molecule has 0 aliphatic rings. The highest BCUT2D eigenvalue weighted by Gasteiger charge is 2.14. The third kappa shape index (κ3) is 2.85. The van der Waals surface area contributed by atoms with Gasteiger partial charge >= 0.3 is 0 Å². The molecule has 0 amide bonds. The van der Waals surface area contributed by atoms with Crippen molar-refractivity contribution in [2.45, 2.75) is 26.2 Å². The molecular formula is C13H18N2O2S. The molecular weight excluding hydrogens is 248 g/mol. The van der Waals surface area contributed by atoms with Crippen LogP contribution in [0.25, 0.3) is 10.9 Å². The van der Waals surface area contributed by atoms with Crippen LogP contribution in [0.3, 0.4) is 0 Å². The predicted molar refractivity (Wildman–Crippen MR) is 75.5 cm³/mol. The molecule has 0 unspecified atom stereocenters. The zero-order chi connectivity index (χ0) is 13.6. The van der Waals surface area contributed by atoms with Crippen LogP contribution in [0.15, 0.2) is 24.3 Å². The summed E-state index contributed by atoms with van der Waals surface area (Å²) in [7, 11) is -3.24. The highest BCUT2D eigenvalue weighted by Crippen LogP contribution is 2.27. The fraction of sp³-hybridized carbons (Fsp3) is 0.385. The summed E-state index contributed by atoms with van der Waals surface area (Å²) in [6.45, 7) is 6.44. The summed E-state index contributed by atoms with van der Waals surface area (Å²) in [4.78, 5) is 3.07. The molecule has 0 spiro atoms. The number of sulfonamides is 1. The van der Waals surface area contributed by atoms with Gasteiger partial charge in [-0.05, 0) is 23.1 Å². The van der Waals surface area contributed by atoms with Gasteiger partial charge in [0.25, 0.3) is 0 Å². The van der Waals surface area contributed by atoms with E-state index in [2.05, 4.69) is 42.6 Å². The van der Waals surface area contributed by atoms with Gasteiger partial charge in [0, 0.05) is 10.9 Å². The van der Waals surface area contributed by atoms with Crippen molar-refractivity contribution in [2.75, 3.05) is 11.0 Å². The smallest absolute Gasteiger partial charge is 0.230 e. The minimum absolute atomic E-state index is 0.0731. The maximum atomic E-state index is 11.2. The molecule has 2 N–H and O–H groups in total. The van der Waals surface area contributed by atoms with Crippen molar-refractivity contribution in [3.63, 3.8) is 0 Å². The van der Waals surface area contributed by atoms with Gasteiger partial charge in [-0.2, -0.15) is 0 Å². The number of H-pyrrole nitrogens is 1. The molecule has 0 saturated heterocycles. The number of hydrogen-bond acceptors (Lipinski definition) is 2. The monoisotopic (exact) mass is 266 g/mol. The number of benzene rings is 1. The highest BCUT2D eigenvalue weighted by molar-refractivity contribution is 7.92. The third-order valence-electron chi connectivity index (χ3n) is 2.78. The first-order valence-electron chi connectivity index (χ1n) is 5.76. The van der Waals surface area contributed by atoms with Gasteiger partial charge in [0.15, 0.2) is 0 Å². The largest absolute Gasteiger partial charge is 0.341 e. The first-order chi connectivity index (χ1) is 8.15. The Labute approximate surface area is 107 Å². The Balaban J connectivity index is 2.46. The SMILES string of the molecule is CC(C)(C)c1ccc2cc(NS(C)(=O)=O)[nH]c2c1. The van der Waals surface area contributed by atoms with Crippen molar-refractivity contribution < 1.29 is 8.42 Å². The number of aromatic amines is 1. The molecule has 0 saturated carbocycles. The van der Waals surface area contributed by atoms with E-state index in [0.29, 0.717) is 5.82 Å². The minimum Gasteiger partial charge on any atom is -0.341 e. The van der Waals surface area contributed by atoms with E-state index in [1.54, 1.807) is 6.07 Å². The lowest BCUT2D eigenvalue weighted by atomic mass is 9.87. The Bertz CT molecular complexity index is 679. The van der Waals surface area contributed by atoms with Crippen LogP contribution in [0.4, 0.5) is 5.82 Å². The summed E-state index contributed by atoms with van der Waals surface area (Å²) in [5.41, 5.74) is 2.22. The Morgan fingerprint density at radius 2 is 1.83 bits per heavy atom. The van der Waals surface area contributed by atoms with Crippen LogP contribution in [-0.2, 0) is 15.4 Å². The fourth-order valence-corrected chi connectivity index (χ4v) is 2.36. The van der Waals surface area contributed by atoms with E-state index in [1.165, 1.54) is 5.56 Å². The van der Waals surface area contributed by atoms with Crippen LogP contribution in [0.1, 0.15) is 26.3 Å². The van der Waals surface area contributed by atoms with Crippen LogP contribution in [0.2, 0.25) is 0 Å². The highest BCUT2D eigenvalue weighted by atomic mass is 32.2. The van der Waals surface area contributed by atoms with Crippen molar-refractivity contribution in [3.8, 4) is 0 Å². The first-order valence-corrected chi connectivity index (χ1v) is 7.65. The van der Waals surface area contributed by atoms with Gasteiger partial charge in [0.2, 0.25) is 10.0 Å². The van der Waals surface area contributed by atoms with E-state index in [0.717, 1.165) is 17.2 Å². The van der Waals surface area contributed by atoms with E-state index < -0.39 is 10.0 Å². The summed E-state index contributed by atoms with van der Waals surface area (Å²) in [5.74, 6) is 0.499. The molecule has 0 aliphatic heterocycles. The molecule has 0 atom stereocenters. The lowest BCUT2D eigenvalue weighted by Gasteiger charge is -2.18. The van der Waals surface area contributed by atoms with Gasteiger partial charge in [-0.15, -0.1) is 0 Å². The molecule has 1 aromatic heterocycles. The maximum Gasteiger partial charge on any atom is 0.230 e. The first kappa shape index (κ1) is 13.0. The molecule has 0 fully saturated rings. The molecule has 0 aliphatic carbocycles. The standard InChI is InChI=1S/C13H18N2O2S/c1-13(2,3)10-6-5-9-7-12(14-11(9)8-10)15-18(4,16)17/h5-8,14-15H,1-4H3. The summed E-state index contributed by atoms with van der Waals surface area (Å²) in [5, 5.41) is 0.995. The molecule has 1 aromatic carbocycles. The number of aromatic nitrogens is 1. The van der Waals surface area contributed by atoms with Crippen LogP contribution >= 0.6 is 0 Å². The zero-order valence-electron chi connectivity index (χ0n) is 11.0. The molecule has 5 heteroatoms. The number of fused-ring (bicyclic) bond motifs is 1. The Hall–Kier alpha value is -1.49. The quantitative estimate of drug-likeness (QED) is 0.878. The Morgan fingerprint density at radius 3 is 2.39 bits per heavy atom. The van der Waals surface area contributed by atoms with E-state index >= 15 is 0 Å². The van der Waals surface area contributed by atoms with Gasteiger partial charge < -0.3 is 4.98 Å². The Morgan fingerprint density at radius 1 is 1.17 bits per heavy atom. The molecule has 2 rings (SSSR count). The molecule has 0 bridgehead atoms. The molecule has 98 valence electrons. The lowest BCUT2D eigenvalue weighted by molar-refractivity contribution is 0.591. The van der Waals surface area contributed by atoms with Crippen LogP contribution in [0, 0.1) is 0 Å². The average molecular weight is 266 g/mol.